The third kappa shape index (κ3) is 6.66. The molecule has 1 aromatic rings. The monoisotopic (exact) mass is 430 g/mol. The molecule has 0 spiro atoms. The lowest BCUT2D eigenvalue weighted by Gasteiger charge is -2.39. The minimum atomic E-state index is 0.163. The molecule has 1 atom stereocenters. The number of piperidine rings is 1. The van der Waals surface area contributed by atoms with Crippen LogP contribution in [0.15, 0.2) is 30.2 Å². The van der Waals surface area contributed by atoms with Gasteiger partial charge in [0.2, 0.25) is 5.91 Å². The molecule has 31 heavy (non-hydrogen) atoms. The van der Waals surface area contributed by atoms with Gasteiger partial charge in [0.05, 0.1) is 6.04 Å². The van der Waals surface area contributed by atoms with E-state index in [2.05, 4.69) is 31.2 Å². The van der Waals surface area contributed by atoms with Crippen molar-refractivity contribution in [3.63, 3.8) is 0 Å². The third-order valence-electron chi connectivity index (χ3n) is 6.13. The fourth-order valence-electron chi connectivity index (χ4n) is 4.49. The minimum absolute atomic E-state index is 0.163. The first kappa shape index (κ1) is 23.5. The Kier molecular flexibility index (Phi) is 8.69. The van der Waals surface area contributed by atoms with Crippen molar-refractivity contribution in [3.8, 4) is 0 Å². The van der Waals surface area contributed by atoms with Gasteiger partial charge in [-0.25, -0.2) is 4.98 Å². The summed E-state index contributed by atoms with van der Waals surface area (Å²) in [6.45, 7) is 13.2. The standard InChI is InChI=1S/C21H32N6O2.C2H6/c1-16-12-19(24-29-16)15-26-8-10-27(11-9-26)21(28)18-3-6-25(7-4-18)14-17-2-5-23-20(22)13-17;1-2/h2,5,12-13,18-19,24H,3-4,6-11,14-15H2,1H3,(H2,22,23);1-2H3. The Bertz CT molecular complexity index is 739. The normalized spacial score (nSPS) is 23.0. The van der Waals surface area contributed by atoms with E-state index in [1.807, 2.05) is 32.9 Å². The number of nitrogens with two attached hydrogens (primary N) is 1. The van der Waals surface area contributed by atoms with E-state index in [1.165, 1.54) is 5.56 Å². The van der Waals surface area contributed by atoms with Gasteiger partial charge in [0.25, 0.3) is 0 Å². The number of pyridine rings is 1. The number of carbonyl (C=O) groups is 1. The van der Waals surface area contributed by atoms with E-state index in [9.17, 15) is 4.79 Å². The predicted molar refractivity (Wildman–Crippen MR) is 123 cm³/mol. The molecule has 2 fully saturated rings. The number of anilines is 1. The Morgan fingerprint density at radius 2 is 1.87 bits per heavy atom. The van der Waals surface area contributed by atoms with Crippen molar-refractivity contribution < 1.29 is 9.63 Å². The summed E-state index contributed by atoms with van der Waals surface area (Å²) in [5.74, 6) is 2.00. The van der Waals surface area contributed by atoms with Gasteiger partial charge in [-0.1, -0.05) is 13.8 Å². The molecule has 0 aromatic carbocycles. The number of carbonyl (C=O) groups excluding carboxylic acids is 1. The Morgan fingerprint density at radius 3 is 2.48 bits per heavy atom. The summed E-state index contributed by atoms with van der Waals surface area (Å²) in [6, 6.07) is 4.19. The van der Waals surface area contributed by atoms with E-state index in [1.54, 1.807) is 6.20 Å². The van der Waals surface area contributed by atoms with Crippen LogP contribution in [-0.2, 0) is 16.2 Å². The number of hydrogen-bond acceptors (Lipinski definition) is 7. The van der Waals surface area contributed by atoms with E-state index < -0.39 is 0 Å². The van der Waals surface area contributed by atoms with E-state index in [0.717, 1.165) is 71.0 Å². The molecule has 1 unspecified atom stereocenters. The second kappa shape index (κ2) is 11.5. The Balaban J connectivity index is 0.00000132. The molecular weight excluding hydrogens is 392 g/mol. The van der Waals surface area contributed by atoms with Gasteiger partial charge in [-0.05, 0) is 56.6 Å². The lowest BCUT2D eigenvalue weighted by Crippen LogP contribution is -2.53. The second-order valence-electron chi connectivity index (χ2n) is 8.37. The highest BCUT2D eigenvalue weighted by atomic mass is 16.7. The van der Waals surface area contributed by atoms with Crippen molar-refractivity contribution in [2.75, 3.05) is 51.5 Å². The number of hydrogen-bond donors (Lipinski definition) is 2. The van der Waals surface area contributed by atoms with Crippen LogP contribution in [-0.4, -0.2) is 77.4 Å². The third-order valence-corrected chi connectivity index (χ3v) is 6.13. The number of nitrogens with one attached hydrogen (secondary N) is 1. The van der Waals surface area contributed by atoms with Crippen LogP contribution < -0.4 is 11.2 Å². The van der Waals surface area contributed by atoms with Crippen LogP contribution in [0.4, 0.5) is 5.82 Å². The number of nitrogen functional groups attached to an aromatic ring is 1. The van der Waals surface area contributed by atoms with Crippen LogP contribution in [0.25, 0.3) is 0 Å². The lowest BCUT2D eigenvalue weighted by atomic mass is 9.94. The number of piperazine rings is 1. The number of likely N-dealkylation sites (tertiary alicyclic amines) is 1. The summed E-state index contributed by atoms with van der Waals surface area (Å²) in [4.78, 5) is 29.2. The zero-order valence-electron chi connectivity index (χ0n) is 19.2. The molecule has 3 aliphatic heterocycles. The molecule has 8 heteroatoms. The molecule has 3 aliphatic rings. The summed E-state index contributed by atoms with van der Waals surface area (Å²) in [5, 5.41) is 0. The van der Waals surface area contributed by atoms with Crippen LogP contribution in [0.5, 0.6) is 0 Å². The molecule has 0 radical (unpaired) electrons. The van der Waals surface area contributed by atoms with Gasteiger partial charge in [-0.2, -0.15) is 0 Å². The highest BCUT2D eigenvalue weighted by Gasteiger charge is 2.31. The van der Waals surface area contributed by atoms with Crippen LogP contribution in [0.3, 0.4) is 0 Å². The highest BCUT2D eigenvalue weighted by molar-refractivity contribution is 5.79. The van der Waals surface area contributed by atoms with Crippen molar-refractivity contribution in [1.29, 1.82) is 0 Å². The fraction of sp³-hybridized carbons (Fsp3) is 0.652. The van der Waals surface area contributed by atoms with Crippen molar-refractivity contribution >= 4 is 11.7 Å². The molecule has 0 bridgehead atoms. The SMILES string of the molecule is CC.CC1=CC(CN2CCN(C(=O)C3CCN(Cc4ccnc(N)c4)CC3)CC2)NO1. The van der Waals surface area contributed by atoms with Gasteiger partial charge in [-0.15, -0.1) is 5.48 Å². The topological polar surface area (TPSA) is 87.0 Å². The summed E-state index contributed by atoms with van der Waals surface area (Å²) in [6.07, 6.45) is 5.75. The Morgan fingerprint density at radius 1 is 1.16 bits per heavy atom. The van der Waals surface area contributed by atoms with E-state index >= 15 is 0 Å². The Labute approximate surface area is 186 Å². The van der Waals surface area contributed by atoms with Crippen molar-refractivity contribution in [3.05, 3.63) is 35.7 Å². The summed E-state index contributed by atoms with van der Waals surface area (Å²) in [7, 11) is 0. The first-order valence-electron chi connectivity index (χ1n) is 11.6. The van der Waals surface area contributed by atoms with Gasteiger partial charge in [0, 0.05) is 51.4 Å². The summed E-state index contributed by atoms with van der Waals surface area (Å²) >= 11 is 0. The average molecular weight is 431 g/mol. The smallest absolute Gasteiger partial charge is 0.225 e. The van der Waals surface area contributed by atoms with E-state index in [0.29, 0.717) is 11.7 Å². The predicted octanol–water partition coefficient (Wildman–Crippen LogP) is 1.85. The Hall–Kier alpha value is -2.16. The van der Waals surface area contributed by atoms with Crippen LogP contribution in [0, 0.1) is 5.92 Å². The van der Waals surface area contributed by atoms with Gasteiger partial charge >= 0.3 is 0 Å². The molecule has 4 heterocycles. The minimum Gasteiger partial charge on any atom is -0.413 e. The maximum Gasteiger partial charge on any atom is 0.225 e. The molecular formula is C23H38N6O2. The number of hydroxylamine groups is 1. The molecule has 3 N–H and O–H groups in total. The molecule has 4 rings (SSSR count). The molecule has 2 saturated heterocycles. The number of rotatable bonds is 5. The first-order chi connectivity index (χ1) is 15.1. The van der Waals surface area contributed by atoms with Crippen LogP contribution in [0.2, 0.25) is 0 Å². The van der Waals surface area contributed by atoms with Gasteiger partial charge in [0.15, 0.2) is 0 Å². The number of amides is 1. The van der Waals surface area contributed by atoms with Crippen molar-refractivity contribution in [1.82, 2.24) is 25.2 Å². The lowest BCUT2D eigenvalue weighted by molar-refractivity contribution is -0.139. The summed E-state index contributed by atoms with van der Waals surface area (Å²) in [5.41, 5.74) is 9.99. The molecule has 1 aromatic heterocycles. The van der Waals surface area contributed by atoms with Crippen LogP contribution in [0.1, 0.15) is 39.2 Å². The maximum absolute atomic E-state index is 13.0. The second-order valence-corrected chi connectivity index (χ2v) is 8.37. The summed E-state index contributed by atoms with van der Waals surface area (Å²) < 4.78 is 0. The van der Waals surface area contributed by atoms with Crippen LogP contribution >= 0.6 is 0 Å². The van der Waals surface area contributed by atoms with Gasteiger partial charge < -0.3 is 15.5 Å². The van der Waals surface area contributed by atoms with E-state index in [4.69, 9.17) is 10.6 Å². The zero-order valence-corrected chi connectivity index (χ0v) is 19.2. The average Bonchev–Trinajstić information content (AvgIpc) is 3.20. The molecule has 172 valence electrons. The highest BCUT2D eigenvalue weighted by Crippen LogP contribution is 2.22. The number of nitrogens with zero attached hydrogens (tertiary/aromatic N) is 4. The number of allylic oxidation sites excluding steroid dienone is 1. The first-order valence-corrected chi connectivity index (χ1v) is 11.6. The molecule has 0 aliphatic carbocycles. The van der Waals surface area contributed by atoms with Gasteiger partial charge in [0.1, 0.15) is 11.6 Å². The quantitative estimate of drug-likeness (QED) is 0.737. The number of aromatic nitrogens is 1. The maximum atomic E-state index is 13.0. The van der Waals surface area contributed by atoms with Gasteiger partial charge in [-0.3, -0.25) is 14.6 Å². The fourth-order valence-corrected chi connectivity index (χ4v) is 4.49. The largest absolute Gasteiger partial charge is 0.413 e. The van der Waals surface area contributed by atoms with Crippen molar-refractivity contribution in [2.45, 2.75) is 46.2 Å². The van der Waals surface area contributed by atoms with E-state index in [-0.39, 0.29) is 12.0 Å². The zero-order chi connectivity index (χ0) is 22.2. The molecule has 0 saturated carbocycles. The molecule has 8 nitrogen and oxygen atoms in total. The molecule has 1 amide bonds. The van der Waals surface area contributed by atoms with Crippen molar-refractivity contribution in [2.24, 2.45) is 5.92 Å².